The van der Waals surface area contributed by atoms with Crippen LogP contribution >= 0.6 is 0 Å². The zero-order valence-corrected chi connectivity index (χ0v) is 15.4. The van der Waals surface area contributed by atoms with Crippen molar-refractivity contribution >= 4 is 17.4 Å². The minimum Gasteiger partial charge on any atom is -0.303 e. The van der Waals surface area contributed by atoms with Gasteiger partial charge < -0.3 is 5.32 Å². The molecule has 0 spiro atoms. The molecule has 1 aliphatic heterocycles. The number of aromatic nitrogens is 3. The molecule has 1 atom stereocenters. The monoisotopic (exact) mass is 373 g/mol. The van der Waals surface area contributed by atoms with Gasteiger partial charge in [0.05, 0.1) is 24.0 Å². The molecule has 1 aliphatic rings. The number of rotatable bonds is 5. The summed E-state index contributed by atoms with van der Waals surface area (Å²) in [7, 11) is 0. The third kappa shape index (κ3) is 3.39. The van der Waals surface area contributed by atoms with Crippen LogP contribution < -0.4 is 10.2 Å². The highest BCUT2D eigenvalue weighted by Crippen LogP contribution is 2.34. The first-order valence-corrected chi connectivity index (χ1v) is 9.02. The van der Waals surface area contributed by atoms with Gasteiger partial charge in [-0.15, -0.1) is 0 Å². The number of nitrogens with zero attached hydrogens (tertiary/aromatic N) is 4. The van der Waals surface area contributed by atoms with Crippen molar-refractivity contribution in [1.29, 1.82) is 0 Å². The van der Waals surface area contributed by atoms with Crippen molar-refractivity contribution in [3.8, 4) is 11.1 Å². The van der Waals surface area contributed by atoms with E-state index < -0.39 is 6.04 Å². The van der Waals surface area contributed by atoms with Crippen molar-refractivity contribution in [2.45, 2.75) is 19.5 Å². The molecular weight excluding hydrogens is 354 g/mol. The Kier molecular flexibility index (Phi) is 4.90. The average Bonchev–Trinajstić information content (AvgIpc) is 2.99. The van der Waals surface area contributed by atoms with Gasteiger partial charge in [0.25, 0.3) is 0 Å². The number of carbonyl (C=O) groups is 2. The molecule has 3 aromatic rings. The first-order valence-electron chi connectivity index (χ1n) is 9.02. The molecule has 0 fully saturated rings. The molecule has 2 aromatic heterocycles. The van der Waals surface area contributed by atoms with Gasteiger partial charge in [0, 0.05) is 24.5 Å². The van der Waals surface area contributed by atoms with E-state index >= 15 is 0 Å². The molecule has 28 heavy (non-hydrogen) atoms. The standard InChI is InChI=1S/C21H19N5O2/c1-14-21(28)20-18(9-16(10-24-20)15-5-3-2-4-6-15)26(14)19(27)12-23-11-17-7-8-22-13-25-17/h2-10,13-14,23H,11-12H2,1H3. The first-order chi connectivity index (χ1) is 13.6. The Morgan fingerprint density at radius 1 is 1.14 bits per heavy atom. The van der Waals surface area contributed by atoms with Crippen LogP contribution in [0.4, 0.5) is 5.69 Å². The molecule has 0 bridgehead atoms. The second-order valence-corrected chi connectivity index (χ2v) is 6.57. The Bertz CT molecular complexity index is 1010. The molecule has 1 N–H and O–H groups in total. The van der Waals surface area contributed by atoms with Crippen LogP contribution in [0.1, 0.15) is 23.1 Å². The summed E-state index contributed by atoms with van der Waals surface area (Å²) >= 11 is 0. The van der Waals surface area contributed by atoms with Crippen molar-refractivity contribution in [1.82, 2.24) is 20.3 Å². The van der Waals surface area contributed by atoms with E-state index in [-0.39, 0.29) is 18.2 Å². The summed E-state index contributed by atoms with van der Waals surface area (Å²) in [6, 6.07) is 12.8. The van der Waals surface area contributed by atoms with E-state index in [9.17, 15) is 9.59 Å². The summed E-state index contributed by atoms with van der Waals surface area (Å²) in [6.07, 6.45) is 4.80. The van der Waals surface area contributed by atoms with Gasteiger partial charge >= 0.3 is 0 Å². The van der Waals surface area contributed by atoms with Crippen LogP contribution in [-0.2, 0) is 11.3 Å². The van der Waals surface area contributed by atoms with Gasteiger partial charge in [0.1, 0.15) is 12.0 Å². The molecule has 0 saturated heterocycles. The summed E-state index contributed by atoms with van der Waals surface area (Å²) < 4.78 is 0. The number of hydrogen-bond donors (Lipinski definition) is 1. The van der Waals surface area contributed by atoms with Crippen molar-refractivity contribution in [3.05, 3.63) is 72.6 Å². The van der Waals surface area contributed by atoms with Crippen LogP contribution in [0, 0.1) is 0 Å². The lowest BCUT2D eigenvalue weighted by atomic mass is 10.1. The van der Waals surface area contributed by atoms with Gasteiger partial charge in [-0.25, -0.2) is 9.97 Å². The van der Waals surface area contributed by atoms with Gasteiger partial charge in [-0.1, -0.05) is 30.3 Å². The fourth-order valence-corrected chi connectivity index (χ4v) is 3.29. The Hall–Kier alpha value is -3.45. The van der Waals surface area contributed by atoms with Crippen LogP contribution in [0.25, 0.3) is 11.1 Å². The zero-order valence-electron chi connectivity index (χ0n) is 15.4. The van der Waals surface area contributed by atoms with Gasteiger partial charge in [0.2, 0.25) is 11.7 Å². The first kappa shape index (κ1) is 17.9. The average molecular weight is 373 g/mol. The smallest absolute Gasteiger partial charge is 0.241 e. The number of Topliss-reactive ketones (excluding diaryl/α,β-unsaturated/α-hetero) is 1. The second kappa shape index (κ2) is 7.66. The Morgan fingerprint density at radius 3 is 2.71 bits per heavy atom. The maximum absolute atomic E-state index is 12.9. The van der Waals surface area contributed by atoms with Crippen molar-refractivity contribution in [2.24, 2.45) is 0 Å². The van der Waals surface area contributed by atoms with Crippen LogP contribution in [0.5, 0.6) is 0 Å². The number of hydrogen-bond acceptors (Lipinski definition) is 6. The van der Waals surface area contributed by atoms with Crippen molar-refractivity contribution in [3.63, 3.8) is 0 Å². The summed E-state index contributed by atoms with van der Waals surface area (Å²) in [5.41, 5.74) is 3.55. The minimum atomic E-state index is -0.568. The molecule has 0 aliphatic carbocycles. The third-order valence-corrected chi connectivity index (χ3v) is 4.73. The maximum Gasteiger partial charge on any atom is 0.241 e. The predicted molar refractivity (Wildman–Crippen MR) is 105 cm³/mol. The van der Waals surface area contributed by atoms with E-state index in [4.69, 9.17) is 0 Å². The van der Waals surface area contributed by atoms with E-state index in [1.807, 2.05) is 36.4 Å². The van der Waals surface area contributed by atoms with E-state index in [1.165, 1.54) is 11.2 Å². The number of ketones is 1. The van der Waals surface area contributed by atoms with Gasteiger partial charge in [-0.05, 0) is 24.6 Å². The van der Waals surface area contributed by atoms with E-state index in [0.29, 0.717) is 17.9 Å². The highest BCUT2D eigenvalue weighted by atomic mass is 16.2. The van der Waals surface area contributed by atoms with Crippen molar-refractivity contribution in [2.75, 3.05) is 11.4 Å². The SMILES string of the molecule is CC1C(=O)c2ncc(-c3ccccc3)cc2N1C(=O)CNCc1ccncn1. The highest BCUT2D eigenvalue weighted by Gasteiger charge is 2.39. The molecule has 0 radical (unpaired) electrons. The molecule has 1 amide bonds. The second-order valence-electron chi connectivity index (χ2n) is 6.57. The summed E-state index contributed by atoms with van der Waals surface area (Å²) in [5, 5.41) is 3.08. The number of fused-ring (bicyclic) bond motifs is 1. The Balaban J connectivity index is 1.55. The maximum atomic E-state index is 12.9. The molecule has 0 saturated carbocycles. The van der Waals surface area contributed by atoms with Crippen LogP contribution in [0.2, 0.25) is 0 Å². The van der Waals surface area contributed by atoms with Crippen molar-refractivity contribution < 1.29 is 9.59 Å². The number of benzene rings is 1. The van der Waals surface area contributed by atoms with E-state index in [1.54, 1.807) is 25.4 Å². The molecule has 3 heterocycles. The van der Waals surface area contributed by atoms with E-state index in [0.717, 1.165) is 16.8 Å². The highest BCUT2D eigenvalue weighted by molar-refractivity contribution is 6.17. The Morgan fingerprint density at radius 2 is 1.96 bits per heavy atom. The molecule has 7 heteroatoms. The fourth-order valence-electron chi connectivity index (χ4n) is 3.29. The van der Waals surface area contributed by atoms with E-state index in [2.05, 4.69) is 20.3 Å². The Labute approximate surface area is 162 Å². The summed E-state index contributed by atoms with van der Waals surface area (Å²) in [5.74, 6) is -0.320. The normalized spacial score (nSPS) is 15.5. The number of carbonyl (C=O) groups excluding carboxylic acids is 2. The number of nitrogens with one attached hydrogen (secondary N) is 1. The fraction of sp³-hybridized carbons (Fsp3) is 0.190. The molecule has 1 unspecified atom stereocenters. The summed E-state index contributed by atoms with van der Waals surface area (Å²) in [6.45, 7) is 2.27. The van der Waals surface area contributed by atoms with Gasteiger partial charge in [-0.3, -0.25) is 19.5 Å². The third-order valence-electron chi connectivity index (χ3n) is 4.73. The minimum absolute atomic E-state index is 0.0939. The number of anilines is 1. The van der Waals surface area contributed by atoms with Gasteiger partial charge in [0.15, 0.2) is 0 Å². The number of pyridine rings is 1. The molecule has 140 valence electrons. The lowest BCUT2D eigenvalue weighted by Gasteiger charge is -2.22. The topological polar surface area (TPSA) is 88.1 Å². The van der Waals surface area contributed by atoms with Gasteiger partial charge in [-0.2, -0.15) is 0 Å². The molecular formula is C21H19N5O2. The lowest BCUT2D eigenvalue weighted by Crippen LogP contribution is -2.43. The van der Waals surface area contributed by atoms with Crippen LogP contribution in [-0.4, -0.2) is 39.2 Å². The lowest BCUT2D eigenvalue weighted by molar-refractivity contribution is -0.118. The quantitative estimate of drug-likeness (QED) is 0.738. The zero-order chi connectivity index (χ0) is 19.5. The molecule has 1 aromatic carbocycles. The molecule has 7 nitrogen and oxygen atoms in total. The van der Waals surface area contributed by atoms with Crippen LogP contribution in [0.15, 0.2) is 61.2 Å². The van der Waals surface area contributed by atoms with Crippen LogP contribution in [0.3, 0.4) is 0 Å². The molecule has 4 rings (SSSR count). The number of amides is 1. The largest absolute Gasteiger partial charge is 0.303 e. The summed E-state index contributed by atoms with van der Waals surface area (Å²) in [4.78, 5) is 39.3. The predicted octanol–water partition coefficient (Wildman–Crippen LogP) is 2.25.